The van der Waals surface area contributed by atoms with E-state index in [1.807, 2.05) is 0 Å². The van der Waals surface area contributed by atoms with E-state index in [0.717, 1.165) is 4.31 Å². The summed E-state index contributed by atoms with van der Waals surface area (Å²) in [6.45, 7) is 7.24. The molecule has 4 nitrogen and oxygen atoms in total. The molecule has 0 spiro atoms. The van der Waals surface area contributed by atoms with Crippen LogP contribution in [-0.4, -0.2) is 25.8 Å². The maximum Gasteiger partial charge on any atom is 0.293 e. The van der Waals surface area contributed by atoms with Crippen molar-refractivity contribution in [3.8, 4) is 0 Å². The van der Waals surface area contributed by atoms with Gasteiger partial charge in [-0.1, -0.05) is 12.2 Å². The van der Waals surface area contributed by atoms with Gasteiger partial charge in [-0.15, -0.1) is 17.4 Å². The van der Waals surface area contributed by atoms with Crippen molar-refractivity contribution in [2.75, 3.05) is 13.1 Å². The second-order valence-electron chi connectivity index (χ2n) is 1.98. The Morgan fingerprint density at radius 3 is 2.00 bits per heavy atom. The van der Waals surface area contributed by atoms with Gasteiger partial charge in [0.15, 0.2) is 0 Å². The van der Waals surface area contributed by atoms with E-state index in [1.54, 1.807) is 4.24 Å². The Kier molecular flexibility index (Phi) is 5.16. The van der Waals surface area contributed by atoms with Crippen LogP contribution in [0.3, 0.4) is 0 Å². The SMILES string of the molecule is C=CCN(CC=C)S(=O)(=O)NCl. The largest absolute Gasteiger partial charge is 0.293 e. The molecular weight excluding hydrogens is 200 g/mol. The summed E-state index contributed by atoms with van der Waals surface area (Å²) in [5, 5.41) is 0. The van der Waals surface area contributed by atoms with Crippen molar-refractivity contribution in [3.63, 3.8) is 0 Å². The Balaban J connectivity index is 4.48. The number of nitrogens with zero attached hydrogens (tertiary/aromatic N) is 1. The molecule has 0 radical (unpaired) electrons. The second-order valence-corrected chi connectivity index (χ2v) is 4.06. The summed E-state index contributed by atoms with van der Waals surface area (Å²) in [6.07, 6.45) is 2.94. The first-order valence-corrected chi connectivity index (χ1v) is 4.99. The number of hydrogen-bond donors (Lipinski definition) is 1. The molecule has 6 heteroatoms. The summed E-state index contributed by atoms with van der Waals surface area (Å²) in [5.74, 6) is 0. The van der Waals surface area contributed by atoms with Gasteiger partial charge in [-0.25, -0.2) is 0 Å². The van der Waals surface area contributed by atoms with Crippen LogP contribution in [0.5, 0.6) is 0 Å². The molecule has 12 heavy (non-hydrogen) atoms. The molecule has 0 aromatic rings. The lowest BCUT2D eigenvalue weighted by Gasteiger charge is -2.16. The van der Waals surface area contributed by atoms with Gasteiger partial charge < -0.3 is 0 Å². The summed E-state index contributed by atoms with van der Waals surface area (Å²) >= 11 is 5.01. The third kappa shape index (κ3) is 3.36. The number of halogens is 1. The average Bonchev–Trinajstić information content (AvgIpc) is 2.04. The molecule has 0 atom stereocenters. The molecule has 0 bridgehead atoms. The molecule has 0 saturated carbocycles. The van der Waals surface area contributed by atoms with E-state index in [0.29, 0.717) is 0 Å². The van der Waals surface area contributed by atoms with Crippen molar-refractivity contribution in [2.45, 2.75) is 0 Å². The fourth-order valence-corrected chi connectivity index (χ4v) is 1.60. The Morgan fingerprint density at radius 1 is 1.33 bits per heavy atom. The lowest BCUT2D eigenvalue weighted by molar-refractivity contribution is 0.472. The van der Waals surface area contributed by atoms with Gasteiger partial charge in [-0.3, -0.25) is 0 Å². The molecule has 0 aromatic heterocycles. The predicted octanol–water partition coefficient (Wildman–Crippen LogP) is 0.649. The van der Waals surface area contributed by atoms with E-state index in [4.69, 9.17) is 11.8 Å². The average molecular weight is 211 g/mol. The van der Waals surface area contributed by atoms with Crippen LogP contribution >= 0.6 is 11.8 Å². The highest BCUT2D eigenvalue weighted by atomic mass is 35.5. The van der Waals surface area contributed by atoms with Gasteiger partial charge in [0.05, 0.1) is 0 Å². The van der Waals surface area contributed by atoms with Crippen molar-refractivity contribution in [3.05, 3.63) is 25.3 Å². The molecule has 0 saturated heterocycles. The first-order valence-electron chi connectivity index (χ1n) is 3.17. The molecule has 1 N–H and O–H groups in total. The zero-order valence-corrected chi connectivity index (χ0v) is 8.11. The van der Waals surface area contributed by atoms with E-state index in [9.17, 15) is 8.42 Å². The molecule has 0 aromatic carbocycles. The first-order chi connectivity index (χ1) is 5.58. The third-order valence-corrected chi connectivity index (χ3v) is 2.86. The zero-order chi connectivity index (χ0) is 9.61. The van der Waals surface area contributed by atoms with Crippen LogP contribution in [0.1, 0.15) is 0 Å². The van der Waals surface area contributed by atoms with Crippen molar-refractivity contribution < 1.29 is 8.42 Å². The minimum absolute atomic E-state index is 0.202. The maximum atomic E-state index is 11.1. The highest BCUT2D eigenvalue weighted by Crippen LogP contribution is 1.98. The van der Waals surface area contributed by atoms with Crippen LogP contribution in [0.4, 0.5) is 0 Å². The topological polar surface area (TPSA) is 49.4 Å². The van der Waals surface area contributed by atoms with Gasteiger partial charge in [0.25, 0.3) is 10.2 Å². The number of rotatable bonds is 6. The van der Waals surface area contributed by atoms with Crippen LogP contribution < -0.4 is 4.24 Å². The van der Waals surface area contributed by atoms with E-state index in [2.05, 4.69) is 13.2 Å². The molecule has 0 heterocycles. The minimum Gasteiger partial charge on any atom is -0.194 e. The Bertz CT molecular complexity index is 240. The molecule has 0 aliphatic heterocycles. The van der Waals surface area contributed by atoms with E-state index in [1.165, 1.54) is 12.2 Å². The van der Waals surface area contributed by atoms with Crippen molar-refractivity contribution >= 4 is 22.0 Å². The molecule has 0 aliphatic carbocycles. The first kappa shape index (κ1) is 11.6. The van der Waals surface area contributed by atoms with Crippen LogP contribution in [0.2, 0.25) is 0 Å². The number of hydrogen-bond acceptors (Lipinski definition) is 2. The summed E-state index contributed by atoms with van der Waals surface area (Å²) in [7, 11) is -3.58. The van der Waals surface area contributed by atoms with Gasteiger partial charge >= 0.3 is 0 Å². The molecule has 0 unspecified atom stereocenters. The summed E-state index contributed by atoms with van der Waals surface area (Å²) in [5.41, 5.74) is 0. The molecule has 0 rings (SSSR count). The van der Waals surface area contributed by atoms with Crippen molar-refractivity contribution in [2.24, 2.45) is 0 Å². The van der Waals surface area contributed by atoms with Crippen molar-refractivity contribution in [1.29, 1.82) is 0 Å². The van der Waals surface area contributed by atoms with Crippen LogP contribution in [0.25, 0.3) is 0 Å². The van der Waals surface area contributed by atoms with Gasteiger partial charge in [-0.05, 0) is 11.8 Å². The Hall–Kier alpha value is -0.360. The second kappa shape index (κ2) is 5.31. The molecular formula is C6H11ClN2O2S. The molecule has 0 fully saturated rings. The Labute approximate surface area is 77.8 Å². The van der Waals surface area contributed by atoms with Crippen LogP contribution in [-0.2, 0) is 10.2 Å². The van der Waals surface area contributed by atoms with Crippen molar-refractivity contribution in [1.82, 2.24) is 8.55 Å². The van der Waals surface area contributed by atoms with E-state index >= 15 is 0 Å². The lowest BCUT2D eigenvalue weighted by atomic mass is 10.5. The van der Waals surface area contributed by atoms with E-state index < -0.39 is 10.2 Å². The lowest BCUT2D eigenvalue weighted by Crippen LogP contribution is -2.37. The van der Waals surface area contributed by atoms with Gasteiger partial charge in [0.2, 0.25) is 0 Å². The normalized spacial score (nSPS) is 11.5. The van der Waals surface area contributed by atoms with Gasteiger partial charge in [-0.2, -0.15) is 12.7 Å². The van der Waals surface area contributed by atoms with E-state index in [-0.39, 0.29) is 13.1 Å². The monoisotopic (exact) mass is 210 g/mol. The number of nitrogens with one attached hydrogen (secondary N) is 1. The standard InChI is InChI=1S/C6H11ClN2O2S/c1-3-5-9(6-4-2)12(10,11)8-7/h3-4,8H,1-2,5-6H2. The minimum atomic E-state index is -3.58. The fourth-order valence-electron chi connectivity index (χ4n) is 0.608. The molecule has 0 amide bonds. The Morgan fingerprint density at radius 2 is 1.75 bits per heavy atom. The van der Waals surface area contributed by atoms with Gasteiger partial charge in [0.1, 0.15) is 0 Å². The molecule has 70 valence electrons. The van der Waals surface area contributed by atoms with Crippen LogP contribution in [0, 0.1) is 0 Å². The maximum absolute atomic E-state index is 11.1. The van der Waals surface area contributed by atoms with Gasteiger partial charge in [0, 0.05) is 13.1 Å². The quantitative estimate of drug-likeness (QED) is 0.517. The summed E-state index contributed by atoms with van der Waals surface area (Å²) in [6, 6.07) is 0. The highest BCUT2D eigenvalue weighted by Gasteiger charge is 2.17. The van der Waals surface area contributed by atoms with Crippen LogP contribution in [0.15, 0.2) is 25.3 Å². The zero-order valence-electron chi connectivity index (χ0n) is 6.53. The summed E-state index contributed by atoms with van der Waals surface area (Å²) in [4.78, 5) is 0. The summed E-state index contributed by atoms with van der Waals surface area (Å²) < 4.78 is 24.9. The predicted molar refractivity (Wildman–Crippen MR) is 49.9 cm³/mol. The highest BCUT2D eigenvalue weighted by molar-refractivity contribution is 7.88. The third-order valence-electron chi connectivity index (χ3n) is 1.10. The smallest absolute Gasteiger partial charge is 0.194 e. The molecule has 0 aliphatic rings. The fraction of sp³-hybridized carbons (Fsp3) is 0.333.